The van der Waals surface area contributed by atoms with Gasteiger partial charge in [-0.05, 0) is 34.5 Å². The summed E-state index contributed by atoms with van der Waals surface area (Å²) in [6, 6.07) is 4.54. The molecule has 84 valence electrons. The number of carboxylic acids is 1. The molecular formula is C10H7FO3S2. The SMILES string of the molecule is O=C(O)Cc1csc2ccc(S(=O)F)cc12. The number of hydrogen-bond acceptors (Lipinski definition) is 3. The maximum Gasteiger partial charge on any atom is 0.307 e. The van der Waals surface area contributed by atoms with Crippen LogP contribution in [0.3, 0.4) is 0 Å². The molecule has 0 saturated carbocycles. The van der Waals surface area contributed by atoms with Gasteiger partial charge >= 0.3 is 5.97 Å². The van der Waals surface area contributed by atoms with Gasteiger partial charge in [-0.15, -0.1) is 15.2 Å². The molecule has 2 rings (SSSR count). The topological polar surface area (TPSA) is 54.4 Å². The Bertz CT molecular complexity index is 576. The molecule has 0 aliphatic carbocycles. The average molecular weight is 258 g/mol. The largest absolute Gasteiger partial charge is 0.481 e. The van der Waals surface area contributed by atoms with Gasteiger partial charge in [0, 0.05) is 4.70 Å². The highest BCUT2D eigenvalue weighted by atomic mass is 32.2. The molecule has 0 aliphatic rings. The van der Waals surface area contributed by atoms with E-state index < -0.39 is 17.2 Å². The number of thiophene rings is 1. The first-order valence-electron chi connectivity index (χ1n) is 4.38. The Hall–Kier alpha value is -1.27. The zero-order valence-corrected chi connectivity index (χ0v) is 9.61. The quantitative estimate of drug-likeness (QED) is 0.861. The van der Waals surface area contributed by atoms with E-state index in [0.717, 1.165) is 4.70 Å². The van der Waals surface area contributed by atoms with Crippen LogP contribution in [0, 0.1) is 0 Å². The van der Waals surface area contributed by atoms with E-state index in [4.69, 9.17) is 5.11 Å². The Balaban J connectivity index is 2.55. The first kappa shape index (κ1) is 11.2. The number of carbonyl (C=O) groups is 1. The highest BCUT2D eigenvalue weighted by molar-refractivity contribution is 7.79. The van der Waals surface area contributed by atoms with Crippen LogP contribution in [0.25, 0.3) is 10.1 Å². The lowest BCUT2D eigenvalue weighted by Crippen LogP contribution is -1.98. The summed E-state index contributed by atoms with van der Waals surface area (Å²) in [5, 5.41) is 11.1. The van der Waals surface area contributed by atoms with Crippen molar-refractivity contribution in [3.05, 3.63) is 29.1 Å². The Morgan fingerprint density at radius 2 is 2.25 bits per heavy atom. The van der Waals surface area contributed by atoms with Gasteiger partial charge in [0.2, 0.25) is 11.2 Å². The molecule has 1 aromatic carbocycles. The van der Waals surface area contributed by atoms with Gasteiger partial charge in [-0.25, -0.2) is 4.21 Å². The molecule has 16 heavy (non-hydrogen) atoms. The van der Waals surface area contributed by atoms with E-state index >= 15 is 0 Å². The number of aliphatic carboxylic acids is 1. The number of carboxylic acid groups (broad SMARTS) is 1. The summed E-state index contributed by atoms with van der Waals surface area (Å²) in [5.41, 5.74) is 0.625. The molecule has 0 radical (unpaired) electrons. The monoisotopic (exact) mass is 258 g/mol. The molecule has 0 fully saturated rings. The zero-order valence-electron chi connectivity index (χ0n) is 7.97. The van der Waals surface area contributed by atoms with E-state index in [-0.39, 0.29) is 11.3 Å². The van der Waals surface area contributed by atoms with E-state index in [1.165, 1.54) is 23.5 Å². The molecule has 1 N–H and O–H groups in total. The van der Waals surface area contributed by atoms with Crippen molar-refractivity contribution in [1.82, 2.24) is 0 Å². The molecule has 6 heteroatoms. The molecule has 1 aromatic heterocycles. The van der Waals surface area contributed by atoms with Crippen LogP contribution < -0.4 is 0 Å². The minimum atomic E-state index is -2.53. The minimum Gasteiger partial charge on any atom is -0.481 e. The van der Waals surface area contributed by atoms with Crippen LogP contribution >= 0.6 is 11.3 Å². The Morgan fingerprint density at radius 1 is 1.50 bits per heavy atom. The van der Waals surface area contributed by atoms with E-state index in [1.807, 2.05) is 0 Å². The van der Waals surface area contributed by atoms with Crippen molar-refractivity contribution in [3.8, 4) is 0 Å². The maximum absolute atomic E-state index is 12.6. The third-order valence-electron chi connectivity index (χ3n) is 2.15. The van der Waals surface area contributed by atoms with E-state index in [0.29, 0.717) is 10.9 Å². The van der Waals surface area contributed by atoms with Gasteiger partial charge in [-0.3, -0.25) is 4.79 Å². The molecule has 3 nitrogen and oxygen atoms in total. The van der Waals surface area contributed by atoms with Gasteiger partial charge in [-0.1, -0.05) is 0 Å². The van der Waals surface area contributed by atoms with Gasteiger partial charge in [0.15, 0.2) is 0 Å². The number of benzene rings is 1. The summed E-state index contributed by atoms with van der Waals surface area (Å²) in [6.45, 7) is 0. The van der Waals surface area contributed by atoms with Gasteiger partial charge in [0.1, 0.15) is 0 Å². The second-order valence-electron chi connectivity index (χ2n) is 3.21. The van der Waals surface area contributed by atoms with Crippen molar-refractivity contribution in [2.45, 2.75) is 11.3 Å². The van der Waals surface area contributed by atoms with Gasteiger partial charge in [-0.2, -0.15) is 0 Å². The normalized spacial score (nSPS) is 12.8. The van der Waals surface area contributed by atoms with Crippen LogP contribution in [0.2, 0.25) is 0 Å². The molecular weight excluding hydrogens is 251 g/mol. The number of halogens is 1. The van der Waals surface area contributed by atoms with Crippen molar-refractivity contribution in [2.75, 3.05) is 0 Å². The summed E-state index contributed by atoms with van der Waals surface area (Å²) < 4.78 is 24.2. The number of hydrogen-bond donors (Lipinski definition) is 1. The predicted molar refractivity (Wildman–Crippen MR) is 60.7 cm³/mol. The van der Waals surface area contributed by atoms with E-state index in [2.05, 4.69) is 0 Å². The molecule has 0 amide bonds. The van der Waals surface area contributed by atoms with Crippen molar-refractivity contribution < 1.29 is 18.0 Å². The van der Waals surface area contributed by atoms with Gasteiger partial charge in [0.25, 0.3) is 0 Å². The van der Waals surface area contributed by atoms with Crippen LogP contribution in [0.1, 0.15) is 5.56 Å². The van der Waals surface area contributed by atoms with Crippen molar-refractivity contribution in [3.63, 3.8) is 0 Å². The fourth-order valence-electron chi connectivity index (χ4n) is 1.46. The Labute approximate surface area is 97.3 Å². The van der Waals surface area contributed by atoms with E-state index in [1.54, 1.807) is 11.4 Å². The zero-order chi connectivity index (χ0) is 11.7. The van der Waals surface area contributed by atoms with Crippen LogP contribution in [0.15, 0.2) is 28.5 Å². The second-order valence-corrected chi connectivity index (χ2v) is 5.04. The number of fused-ring (bicyclic) bond motifs is 1. The highest BCUT2D eigenvalue weighted by Gasteiger charge is 2.10. The molecule has 0 bridgehead atoms. The third kappa shape index (κ3) is 2.12. The molecule has 0 spiro atoms. The predicted octanol–water partition coefficient (Wildman–Crippen LogP) is 2.52. The summed E-state index contributed by atoms with van der Waals surface area (Å²) in [5.74, 6) is -0.938. The summed E-state index contributed by atoms with van der Waals surface area (Å²) in [4.78, 5) is 10.7. The Morgan fingerprint density at radius 3 is 2.88 bits per heavy atom. The lowest BCUT2D eigenvalue weighted by atomic mass is 10.1. The second kappa shape index (κ2) is 4.31. The molecule has 1 unspecified atom stereocenters. The first-order valence-corrected chi connectivity index (χ1v) is 6.31. The summed E-state index contributed by atoms with van der Waals surface area (Å²) in [7, 11) is 0. The van der Waals surface area contributed by atoms with Crippen molar-refractivity contribution in [2.24, 2.45) is 0 Å². The molecule has 0 saturated heterocycles. The van der Waals surface area contributed by atoms with Crippen molar-refractivity contribution in [1.29, 1.82) is 0 Å². The van der Waals surface area contributed by atoms with Crippen LogP contribution in [0.5, 0.6) is 0 Å². The maximum atomic E-state index is 12.6. The fourth-order valence-corrected chi connectivity index (χ4v) is 2.79. The smallest absolute Gasteiger partial charge is 0.307 e. The lowest BCUT2D eigenvalue weighted by molar-refractivity contribution is -0.136. The molecule has 1 atom stereocenters. The standard InChI is InChI=1S/C10H7FO3S2/c11-16(14)7-1-2-9-8(4-7)6(5-15-9)3-10(12)13/h1-2,4-5H,3H2,(H,12,13). The summed E-state index contributed by atoms with van der Waals surface area (Å²) in [6.07, 6.45) is -0.109. The first-order chi connectivity index (χ1) is 7.58. The van der Waals surface area contributed by atoms with Gasteiger partial charge < -0.3 is 5.11 Å². The highest BCUT2D eigenvalue weighted by Crippen LogP contribution is 2.28. The van der Waals surface area contributed by atoms with Crippen LogP contribution in [-0.4, -0.2) is 15.3 Å². The number of rotatable bonds is 3. The fraction of sp³-hybridized carbons (Fsp3) is 0.100. The molecule has 1 heterocycles. The van der Waals surface area contributed by atoms with Crippen molar-refractivity contribution >= 4 is 38.6 Å². The minimum absolute atomic E-state index is 0.0672. The lowest BCUT2D eigenvalue weighted by Gasteiger charge is -1.97. The van der Waals surface area contributed by atoms with Crippen LogP contribution in [0.4, 0.5) is 3.89 Å². The molecule has 2 aromatic rings. The Kier molecular flexibility index (Phi) is 3.02. The van der Waals surface area contributed by atoms with E-state index in [9.17, 15) is 12.9 Å². The summed E-state index contributed by atoms with van der Waals surface area (Å²) >= 11 is -1.14. The molecule has 0 aliphatic heterocycles. The van der Waals surface area contributed by atoms with Gasteiger partial charge in [0.05, 0.1) is 11.3 Å². The van der Waals surface area contributed by atoms with Crippen LogP contribution in [-0.2, 0) is 22.4 Å². The average Bonchev–Trinajstić information content (AvgIpc) is 2.60. The third-order valence-corrected chi connectivity index (χ3v) is 3.79.